The first-order chi connectivity index (χ1) is 9.49. The standard InChI is InChI=1S/C15H22N4O/c1-6-7-18-8-13(9-20)15(17-18)14-11(4)16-19(10(2)3)12(14)5/h8-10H,6-7H2,1-5H3. The van der Waals surface area contributed by atoms with Gasteiger partial charge < -0.3 is 0 Å². The van der Waals surface area contributed by atoms with E-state index in [1.807, 2.05) is 29.4 Å². The van der Waals surface area contributed by atoms with Gasteiger partial charge in [-0.2, -0.15) is 10.2 Å². The molecule has 0 N–H and O–H groups in total. The lowest BCUT2D eigenvalue weighted by atomic mass is 10.1. The monoisotopic (exact) mass is 274 g/mol. The van der Waals surface area contributed by atoms with Crippen LogP contribution in [0, 0.1) is 13.8 Å². The Morgan fingerprint density at radius 3 is 2.50 bits per heavy atom. The van der Waals surface area contributed by atoms with Crippen LogP contribution >= 0.6 is 0 Å². The highest BCUT2D eigenvalue weighted by Gasteiger charge is 2.20. The highest BCUT2D eigenvalue weighted by atomic mass is 16.1. The van der Waals surface area contributed by atoms with Crippen LogP contribution in [0.2, 0.25) is 0 Å². The van der Waals surface area contributed by atoms with E-state index in [1.165, 1.54) is 0 Å². The van der Waals surface area contributed by atoms with Crippen molar-refractivity contribution in [1.29, 1.82) is 0 Å². The maximum Gasteiger partial charge on any atom is 0.153 e. The molecular formula is C15H22N4O. The van der Waals surface area contributed by atoms with E-state index in [9.17, 15) is 4.79 Å². The molecule has 0 aromatic carbocycles. The molecule has 20 heavy (non-hydrogen) atoms. The van der Waals surface area contributed by atoms with Crippen LogP contribution in [0.3, 0.4) is 0 Å². The molecule has 0 radical (unpaired) electrons. The van der Waals surface area contributed by atoms with Crippen molar-refractivity contribution >= 4 is 6.29 Å². The second-order valence-electron chi connectivity index (χ2n) is 5.40. The summed E-state index contributed by atoms with van der Waals surface area (Å²) >= 11 is 0. The van der Waals surface area contributed by atoms with Gasteiger partial charge in [0.2, 0.25) is 0 Å². The Morgan fingerprint density at radius 1 is 1.30 bits per heavy atom. The molecule has 0 aliphatic carbocycles. The van der Waals surface area contributed by atoms with E-state index < -0.39 is 0 Å². The van der Waals surface area contributed by atoms with Gasteiger partial charge in [0.25, 0.3) is 0 Å². The average molecular weight is 274 g/mol. The zero-order valence-corrected chi connectivity index (χ0v) is 12.8. The highest BCUT2D eigenvalue weighted by Crippen LogP contribution is 2.29. The second kappa shape index (κ2) is 5.61. The van der Waals surface area contributed by atoms with Crippen molar-refractivity contribution in [2.45, 2.75) is 53.6 Å². The molecule has 2 aromatic rings. The predicted molar refractivity (Wildman–Crippen MR) is 79.0 cm³/mol. The maximum atomic E-state index is 11.3. The first-order valence-electron chi connectivity index (χ1n) is 7.08. The number of hydrogen-bond acceptors (Lipinski definition) is 3. The number of aromatic nitrogens is 4. The topological polar surface area (TPSA) is 52.7 Å². The number of nitrogens with zero attached hydrogens (tertiary/aromatic N) is 4. The molecule has 2 rings (SSSR count). The van der Waals surface area contributed by atoms with E-state index in [0.717, 1.165) is 41.9 Å². The van der Waals surface area contributed by atoms with Crippen LogP contribution in [0.25, 0.3) is 11.3 Å². The van der Waals surface area contributed by atoms with Crippen LogP contribution in [-0.2, 0) is 6.54 Å². The van der Waals surface area contributed by atoms with Gasteiger partial charge in [0.05, 0.1) is 11.3 Å². The lowest BCUT2D eigenvalue weighted by Crippen LogP contribution is -2.05. The smallest absolute Gasteiger partial charge is 0.153 e. The average Bonchev–Trinajstić information content (AvgIpc) is 2.91. The summed E-state index contributed by atoms with van der Waals surface area (Å²) in [5, 5.41) is 9.14. The van der Waals surface area contributed by atoms with Crippen molar-refractivity contribution in [3.05, 3.63) is 23.1 Å². The minimum absolute atomic E-state index is 0.292. The Bertz CT molecular complexity index is 622. The number of hydrogen-bond donors (Lipinski definition) is 0. The fraction of sp³-hybridized carbons (Fsp3) is 0.533. The largest absolute Gasteiger partial charge is 0.298 e. The quantitative estimate of drug-likeness (QED) is 0.787. The zero-order chi connectivity index (χ0) is 14.9. The fourth-order valence-corrected chi connectivity index (χ4v) is 2.57. The van der Waals surface area contributed by atoms with Crippen LogP contribution in [0.5, 0.6) is 0 Å². The Hall–Kier alpha value is -1.91. The van der Waals surface area contributed by atoms with E-state index in [1.54, 1.807) is 0 Å². The molecule has 2 aromatic heterocycles. The molecule has 0 saturated heterocycles. The van der Waals surface area contributed by atoms with Crippen molar-refractivity contribution < 1.29 is 4.79 Å². The van der Waals surface area contributed by atoms with Gasteiger partial charge in [-0.25, -0.2) is 0 Å². The molecule has 0 amide bonds. The molecule has 0 aliphatic heterocycles. The normalized spacial score (nSPS) is 11.3. The lowest BCUT2D eigenvalue weighted by molar-refractivity contribution is 0.112. The van der Waals surface area contributed by atoms with E-state index >= 15 is 0 Å². The summed E-state index contributed by atoms with van der Waals surface area (Å²) < 4.78 is 3.82. The molecular weight excluding hydrogens is 252 g/mol. The number of rotatable bonds is 5. The molecule has 0 bridgehead atoms. The molecule has 5 nitrogen and oxygen atoms in total. The van der Waals surface area contributed by atoms with Gasteiger partial charge in [0.1, 0.15) is 5.69 Å². The first-order valence-corrected chi connectivity index (χ1v) is 7.08. The lowest BCUT2D eigenvalue weighted by Gasteiger charge is -2.08. The third kappa shape index (κ3) is 2.40. The molecule has 2 heterocycles. The molecule has 5 heteroatoms. The van der Waals surface area contributed by atoms with Gasteiger partial charge >= 0.3 is 0 Å². The summed E-state index contributed by atoms with van der Waals surface area (Å²) in [6.45, 7) is 11.1. The van der Waals surface area contributed by atoms with Gasteiger partial charge in [0, 0.05) is 30.0 Å². The summed E-state index contributed by atoms with van der Waals surface area (Å²) in [5.41, 5.74) is 4.34. The van der Waals surface area contributed by atoms with Gasteiger partial charge in [-0.15, -0.1) is 0 Å². The van der Waals surface area contributed by atoms with Crippen LogP contribution in [0.15, 0.2) is 6.20 Å². The third-order valence-corrected chi connectivity index (χ3v) is 3.42. The molecule has 108 valence electrons. The van der Waals surface area contributed by atoms with Crippen molar-refractivity contribution in [1.82, 2.24) is 19.6 Å². The number of carbonyl (C=O) groups excluding carboxylic acids is 1. The first kappa shape index (κ1) is 14.5. The minimum atomic E-state index is 0.292. The number of aryl methyl sites for hydroxylation is 2. The summed E-state index contributed by atoms with van der Waals surface area (Å²) in [7, 11) is 0. The molecule has 0 saturated carbocycles. The van der Waals surface area contributed by atoms with E-state index in [0.29, 0.717) is 11.6 Å². The van der Waals surface area contributed by atoms with Crippen LogP contribution in [-0.4, -0.2) is 25.8 Å². The maximum absolute atomic E-state index is 11.3. The van der Waals surface area contributed by atoms with Crippen molar-refractivity contribution in [2.24, 2.45) is 0 Å². The summed E-state index contributed by atoms with van der Waals surface area (Å²) in [6.07, 6.45) is 3.68. The van der Waals surface area contributed by atoms with Gasteiger partial charge in [-0.05, 0) is 34.1 Å². The molecule has 0 spiro atoms. The summed E-state index contributed by atoms with van der Waals surface area (Å²) in [5.74, 6) is 0. The van der Waals surface area contributed by atoms with Crippen LogP contribution < -0.4 is 0 Å². The fourth-order valence-electron chi connectivity index (χ4n) is 2.57. The number of aldehydes is 1. The van der Waals surface area contributed by atoms with Crippen molar-refractivity contribution in [3.63, 3.8) is 0 Å². The van der Waals surface area contributed by atoms with E-state index in [2.05, 4.69) is 31.0 Å². The van der Waals surface area contributed by atoms with E-state index in [4.69, 9.17) is 0 Å². The third-order valence-electron chi connectivity index (χ3n) is 3.42. The van der Waals surface area contributed by atoms with E-state index in [-0.39, 0.29) is 0 Å². The molecule has 0 unspecified atom stereocenters. The Labute approximate surface area is 119 Å². The van der Waals surface area contributed by atoms with Crippen molar-refractivity contribution in [3.8, 4) is 11.3 Å². The van der Waals surface area contributed by atoms with Crippen molar-refractivity contribution in [2.75, 3.05) is 0 Å². The zero-order valence-electron chi connectivity index (χ0n) is 12.8. The summed E-state index contributed by atoms with van der Waals surface area (Å²) in [6, 6.07) is 0.292. The Balaban J connectivity index is 2.59. The molecule has 0 fully saturated rings. The number of carbonyl (C=O) groups is 1. The molecule has 0 atom stereocenters. The Morgan fingerprint density at radius 2 is 2.00 bits per heavy atom. The molecule has 0 aliphatic rings. The second-order valence-corrected chi connectivity index (χ2v) is 5.40. The summed E-state index contributed by atoms with van der Waals surface area (Å²) in [4.78, 5) is 11.3. The van der Waals surface area contributed by atoms with Gasteiger partial charge in [-0.3, -0.25) is 14.2 Å². The highest BCUT2D eigenvalue weighted by molar-refractivity contribution is 5.86. The van der Waals surface area contributed by atoms with Gasteiger partial charge in [-0.1, -0.05) is 6.92 Å². The Kier molecular flexibility index (Phi) is 4.06. The predicted octanol–water partition coefficient (Wildman–Crippen LogP) is 3.17. The SMILES string of the molecule is CCCn1cc(C=O)c(-c2c(C)nn(C(C)C)c2C)n1. The van der Waals surface area contributed by atoms with Crippen LogP contribution in [0.4, 0.5) is 0 Å². The van der Waals surface area contributed by atoms with Crippen LogP contribution in [0.1, 0.15) is 55.0 Å². The minimum Gasteiger partial charge on any atom is -0.298 e. The van der Waals surface area contributed by atoms with Gasteiger partial charge in [0.15, 0.2) is 6.29 Å².